The molecule has 100 valence electrons. The fourth-order valence-corrected chi connectivity index (χ4v) is 1.46. The van der Waals surface area contributed by atoms with E-state index in [1.807, 2.05) is 6.07 Å². The summed E-state index contributed by atoms with van der Waals surface area (Å²) in [7, 11) is 1.73. The Morgan fingerprint density at radius 2 is 2.32 bits per heavy atom. The number of nitrogens with zero attached hydrogens (tertiary/aromatic N) is 3. The van der Waals surface area contributed by atoms with Gasteiger partial charge in [0.25, 0.3) is 5.69 Å². The largest absolute Gasteiger partial charge is 0.325 e. The molecular weight excluding hydrogens is 248 g/mol. The summed E-state index contributed by atoms with van der Waals surface area (Å²) in [5.74, 6) is -0.277. The zero-order valence-corrected chi connectivity index (χ0v) is 10.5. The molecule has 0 unspecified atom stereocenters. The van der Waals surface area contributed by atoms with Gasteiger partial charge in [-0.2, -0.15) is 5.26 Å². The molecule has 0 aliphatic carbocycles. The predicted molar refractivity (Wildman–Crippen MR) is 69.5 cm³/mol. The van der Waals surface area contributed by atoms with Crippen molar-refractivity contribution in [1.29, 1.82) is 5.26 Å². The number of non-ortho nitro benzene ring substituents is 1. The highest BCUT2D eigenvalue weighted by Crippen LogP contribution is 2.16. The van der Waals surface area contributed by atoms with Gasteiger partial charge < -0.3 is 5.32 Å². The fraction of sp³-hybridized carbons (Fsp3) is 0.333. The first-order valence-corrected chi connectivity index (χ1v) is 5.62. The van der Waals surface area contributed by atoms with E-state index in [1.54, 1.807) is 18.0 Å². The molecule has 1 amide bonds. The Balaban J connectivity index is 2.55. The number of hydrogen-bond donors (Lipinski definition) is 1. The Kier molecular flexibility index (Phi) is 5.44. The highest BCUT2D eigenvalue weighted by Gasteiger charge is 2.09. The van der Waals surface area contributed by atoms with Gasteiger partial charge in [-0.05, 0) is 13.1 Å². The molecule has 0 aliphatic heterocycles. The lowest BCUT2D eigenvalue weighted by Crippen LogP contribution is -2.30. The summed E-state index contributed by atoms with van der Waals surface area (Å²) in [4.78, 5) is 23.4. The monoisotopic (exact) mass is 262 g/mol. The molecule has 0 heterocycles. The van der Waals surface area contributed by atoms with E-state index in [4.69, 9.17) is 5.26 Å². The third kappa shape index (κ3) is 5.14. The highest BCUT2D eigenvalue weighted by molar-refractivity contribution is 5.92. The average Bonchev–Trinajstić information content (AvgIpc) is 2.36. The zero-order chi connectivity index (χ0) is 14.3. The maximum atomic E-state index is 11.7. The number of benzene rings is 1. The molecule has 0 spiro atoms. The summed E-state index contributed by atoms with van der Waals surface area (Å²) in [5.41, 5.74) is 0.309. The normalized spacial score (nSPS) is 9.95. The van der Waals surface area contributed by atoms with Crippen LogP contribution in [0, 0.1) is 21.4 Å². The second-order valence-corrected chi connectivity index (χ2v) is 4.00. The molecule has 0 fully saturated rings. The van der Waals surface area contributed by atoms with E-state index in [-0.39, 0.29) is 18.1 Å². The topological polar surface area (TPSA) is 99.3 Å². The van der Waals surface area contributed by atoms with E-state index >= 15 is 0 Å². The lowest BCUT2D eigenvalue weighted by Gasteiger charge is -2.14. The molecule has 1 N–H and O–H groups in total. The van der Waals surface area contributed by atoms with Gasteiger partial charge in [0.1, 0.15) is 0 Å². The quantitative estimate of drug-likeness (QED) is 0.616. The molecule has 0 radical (unpaired) electrons. The molecule has 1 aromatic carbocycles. The summed E-state index contributed by atoms with van der Waals surface area (Å²) in [6, 6.07) is 7.74. The minimum Gasteiger partial charge on any atom is -0.325 e. The first-order chi connectivity index (χ1) is 9.02. The molecule has 1 aromatic rings. The Labute approximate surface area is 110 Å². The first kappa shape index (κ1) is 14.6. The van der Waals surface area contributed by atoms with Gasteiger partial charge in [-0.15, -0.1) is 0 Å². The Hall–Kier alpha value is -2.46. The molecular formula is C12H14N4O3. The number of nitro benzene ring substituents is 1. The van der Waals surface area contributed by atoms with Crippen molar-refractivity contribution >= 4 is 17.3 Å². The van der Waals surface area contributed by atoms with Crippen molar-refractivity contribution in [3.63, 3.8) is 0 Å². The van der Waals surface area contributed by atoms with Crippen LogP contribution < -0.4 is 5.32 Å². The Bertz CT molecular complexity index is 510. The molecule has 0 saturated carbocycles. The van der Waals surface area contributed by atoms with E-state index in [0.29, 0.717) is 18.7 Å². The van der Waals surface area contributed by atoms with Gasteiger partial charge in [0.2, 0.25) is 5.91 Å². The molecule has 7 heteroatoms. The number of anilines is 1. The maximum Gasteiger partial charge on any atom is 0.271 e. The number of nitro groups is 1. The lowest BCUT2D eigenvalue weighted by atomic mass is 10.3. The molecule has 0 atom stereocenters. The number of likely N-dealkylation sites (N-methyl/N-ethyl adjacent to an activating group) is 1. The van der Waals surface area contributed by atoms with Gasteiger partial charge in [0, 0.05) is 30.8 Å². The van der Waals surface area contributed by atoms with Crippen LogP contribution >= 0.6 is 0 Å². The maximum absolute atomic E-state index is 11.7. The number of nitrogens with one attached hydrogen (secondary N) is 1. The van der Waals surface area contributed by atoms with Gasteiger partial charge >= 0.3 is 0 Å². The van der Waals surface area contributed by atoms with E-state index in [9.17, 15) is 14.9 Å². The minimum atomic E-state index is -0.519. The van der Waals surface area contributed by atoms with Crippen LogP contribution in [0.5, 0.6) is 0 Å². The van der Waals surface area contributed by atoms with Gasteiger partial charge in [0.05, 0.1) is 17.5 Å². The SMILES string of the molecule is CN(CCC#N)CC(=O)Nc1cccc([N+](=O)[O-])c1. The van der Waals surface area contributed by atoms with Crippen LogP contribution in [0.3, 0.4) is 0 Å². The number of hydrogen-bond acceptors (Lipinski definition) is 5. The third-order valence-corrected chi connectivity index (χ3v) is 2.36. The Morgan fingerprint density at radius 3 is 2.95 bits per heavy atom. The summed E-state index contributed by atoms with van der Waals surface area (Å²) in [6.07, 6.45) is 0.348. The Morgan fingerprint density at radius 1 is 1.58 bits per heavy atom. The van der Waals surface area contributed by atoms with Crippen molar-refractivity contribution in [2.24, 2.45) is 0 Å². The number of nitriles is 1. The van der Waals surface area contributed by atoms with Crippen molar-refractivity contribution < 1.29 is 9.72 Å². The second-order valence-electron chi connectivity index (χ2n) is 4.00. The molecule has 0 aliphatic rings. The standard InChI is InChI=1S/C12H14N4O3/c1-15(7-3-6-13)9-12(17)14-10-4-2-5-11(8-10)16(18)19/h2,4-5,8H,3,7,9H2,1H3,(H,14,17). The lowest BCUT2D eigenvalue weighted by molar-refractivity contribution is -0.384. The molecule has 1 rings (SSSR count). The van der Waals surface area contributed by atoms with E-state index in [0.717, 1.165) is 0 Å². The highest BCUT2D eigenvalue weighted by atomic mass is 16.6. The van der Waals surface area contributed by atoms with Gasteiger partial charge in [-0.1, -0.05) is 6.07 Å². The predicted octanol–water partition coefficient (Wildman–Crippen LogP) is 1.38. The van der Waals surface area contributed by atoms with E-state index in [1.165, 1.54) is 18.2 Å². The van der Waals surface area contributed by atoms with E-state index in [2.05, 4.69) is 5.32 Å². The summed E-state index contributed by atoms with van der Waals surface area (Å²) in [6.45, 7) is 0.628. The van der Waals surface area contributed by atoms with Crippen molar-refractivity contribution in [2.45, 2.75) is 6.42 Å². The smallest absolute Gasteiger partial charge is 0.271 e. The number of rotatable bonds is 6. The van der Waals surface area contributed by atoms with Crippen LogP contribution in [-0.2, 0) is 4.79 Å². The van der Waals surface area contributed by atoms with Crippen LogP contribution in [0.4, 0.5) is 11.4 Å². The summed E-state index contributed by atoms with van der Waals surface area (Å²) < 4.78 is 0. The molecule has 0 saturated heterocycles. The van der Waals surface area contributed by atoms with Crippen molar-refractivity contribution in [1.82, 2.24) is 4.90 Å². The molecule has 0 bridgehead atoms. The fourth-order valence-electron chi connectivity index (χ4n) is 1.46. The summed E-state index contributed by atoms with van der Waals surface area (Å²) >= 11 is 0. The van der Waals surface area contributed by atoms with Gasteiger partial charge in [-0.25, -0.2) is 0 Å². The minimum absolute atomic E-state index is 0.0735. The van der Waals surface area contributed by atoms with Gasteiger partial charge in [0.15, 0.2) is 0 Å². The van der Waals surface area contributed by atoms with Crippen LogP contribution in [-0.4, -0.2) is 35.9 Å². The van der Waals surface area contributed by atoms with Crippen molar-refractivity contribution in [2.75, 3.05) is 25.5 Å². The van der Waals surface area contributed by atoms with Crippen LogP contribution in [0.25, 0.3) is 0 Å². The second kappa shape index (κ2) is 7.08. The third-order valence-electron chi connectivity index (χ3n) is 2.36. The molecule has 0 aromatic heterocycles. The van der Waals surface area contributed by atoms with E-state index < -0.39 is 4.92 Å². The van der Waals surface area contributed by atoms with Crippen LogP contribution in [0.2, 0.25) is 0 Å². The number of carbonyl (C=O) groups excluding carboxylic acids is 1. The summed E-state index contributed by atoms with van der Waals surface area (Å²) in [5, 5.41) is 21.6. The average molecular weight is 262 g/mol. The van der Waals surface area contributed by atoms with Crippen LogP contribution in [0.1, 0.15) is 6.42 Å². The van der Waals surface area contributed by atoms with Crippen molar-refractivity contribution in [3.05, 3.63) is 34.4 Å². The number of amides is 1. The first-order valence-electron chi connectivity index (χ1n) is 5.62. The molecule has 7 nitrogen and oxygen atoms in total. The zero-order valence-electron chi connectivity index (χ0n) is 10.5. The van der Waals surface area contributed by atoms with Gasteiger partial charge in [-0.3, -0.25) is 19.8 Å². The van der Waals surface area contributed by atoms with Crippen molar-refractivity contribution in [3.8, 4) is 6.07 Å². The van der Waals surface area contributed by atoms with Crippen LogP contribution in [0.15, 0.2) is 24.3 Å². The number of carbonyl (C=O) groups is 1. The molecule has 19 heavy (non-hydrogen) atoms.